The van der Waals surface area contributed by atoms with Crippen LogP contribution in [0.15, 0.2) is 42.9 Å². The molecule has 1 aromatic carbocycles. The van der Waals surface area contributed by atoms with Gasteiger partial charge in [0.25, 0.3) is 0 Å². The van der Waals surface area contributed by atoms with E-state index in [0.29, 0.717) is 11.3 Å². The van der Waals surface area contributed by atoms with Crippen molar-refractivity contribution in [2.24, 2.45) is 0 Å². The Kier molecular flexibility index (Phi) is 1.86. The minimum atomic E-state index is -0.0125. The Labute approximate surface area is 91.3 Å². The lowest BCUT2D eigenvalue weighted by Gasteiger charge is -1.98. The highest BCUT2D eigenvalue weighted by atomic mass is 16.1. The van der Waals surface area contributed by atoms with Gasteiger partial charge in [0.15, 0.2) is 0 Å². The van der Waals surface area contributed by atoms with Crippen LogP contribution in [0.25, 0.3) is 11.0 Å². The summed E-state index contributed by atoms with van der Waals surface area (Å²) in [5.41, 5.74) is 2.98. The standard InChI is InChI=1S/C12H9N3O/c16-12(10-2-1-5-13-10)8-3-4-9-11(6-8)15-7-14-9/h1-7,13H,(H,14,15). The average Bonchev–Trinajstić information content (AvgIpc) is 2.98. The van der Waals surface area contributed by atoms with Crippen LogP contribution in [0.4, 0.5) is 0 Å². The number of fused-ring (bicyclic) bond motifs is 1. The zero-order valence-corrected chi connectivity index (χ0v) is 8.40. The molecule has 4 nitrogen and oxygen atoms in total. The molecule has 0 amide bonds. The van der Waals surface area contributed by atoms with E-state index in [2.05, 4.69) is 15.0 Å². The van der Waals surface area contributed by atoms with Crippen LogP contribution in [0.1, 0.15) is 16.1 Å². The molecule has 0 atom stereocenters. The number of aromatic nitrogens is 3. The fourth-order valence-electron chi connectivity index (χ4n) is 1.70. The van der Waals surface area contributed by atoms with Crippen LogP contribution in [0.3, 0.4) is 0 Å². The van der Waals surface area contributed by atoms with Gasteiger partial charge < -0.3 is 9.97 Å². The molecule has 0 radical (unpaired) electrons. The number of aromatic amines is 2. The highest BCUT2D eigenvalue weighted by Gasteiger charge is 2.10. The summed E-state index contributed by atoms with van der Waals surface area (Å²) in [6, 6.07) is 9.00. The predicted octanol–water partition coefficient (Wildman–Crippen LogP) is 2.12. The van der Waals surface area contributed by atoms with Crippen molar-refractivity contribution in [1.29, 1.82) is 0 Å². The van der Waals surface area contributed by atoms with E-state index >= 15 is 0 Å². The Morgan fingerprint density at radius 3 is 2.94 bits per heavy atom. The third-order valence-electron chi connectivity index (χ3n) is 2.53. The van der Waals surface area contributed by atoms with Crippen LogP contribution in [0.5, 0.6) is 0 Å². The van der Waals surface area contributed by atoms with Crippen molar-refractivity contribution in [3.63, 3.8) is 0 Å². The molecule has 0 saturated carbocycles. The Balaban J connectivity index is 2.09. The summed E-state index contributed by atoms with van der Waals surface area (Å²) in [6.45, 7) is 0. The molecule has 4 heteroatoms. The van der Waals surface area contributed by atoms with Gasteiger partial charge in [0.05, 0.1) is 23.1 Å². The van der Waals surface area contributed by atoms with Crippen LogP contribution < -0.4 is 0 Å². The topological polar surface area (TPSA) is 61.5 Å². The Hall–Kier alpha value is -2.36. The predicted molar refractivity (Wildman–Crippen MR) is 60.3 cm³/mol. The van der Waals surface area contributed by atoms with Gasteiger partial charge in [0.2, 0.25) is 5.78 Å². The van der Waals surface area contributed by atoms with Gasteiger partial charge in [0.1, 0.15) is 0 Å². The number of rotatable bonds is 2. The molecule has 2 heterocycles. The maximum absolute atomic E-state index is 12.0. The first-order valence-corrected chi connectivity index (χ1v) is 4.96. The van der Waals surface area contributed by atoms with Crippen LogP contribution >= 0.6 is 0 Å². The maximum atomic E-state index is 12.0. The first kappa shape index (κ1) is 8.91. The lowest BCUT2D eigenvalue weighted by Crippen LogP contribution is -2.01. The molecule has 0 saturated heterocycles. The average molecular weight is 211 g/mol. The van der Waals surface area contributed by atoms with Crippen LogP contribution in [0.2, 0.25) is 0 Å². The summed E-state index contributed by atoms with van der Waals surface area (Å²) in [5.74, 6) is -0.0125. The van der Waals surface area contributed by atoms with E-state index in [0.717, 1.165) is 11.0 Å². The Morgan fingerprint density at radius 1 is 1.19 bits per heavy atom. The highest BCUT2D eigenvalue weighted by Crippen LogP contribution is 2.14. The quantitative estimate of drug-likeness (QED) is 0.638. The number of hydrogen-bond acceptors (Lipinski definition) is 2. The van der Waals surface area contributed by atoms with Crippen molar-refractivity contribution in [2.75, 3.05) is 0 Å². The second-order valence-corrected chi connectivity index (χ2v) is 3.55. The lowest BCUT2D eigenvalue weighted by molar-refractivity contribution is 0.103. The fourth-order valence-corrected chi connectivity index (χ4v) is 1.70. The maximum Gasteiger partial charge on any atom is 0.209 e. The van der Waals surface area contributed by atoms with E-state index in [4.69, 9.17) is 0 Å². The lowest BCUT2D eigenvalue weighted by atomic mass is 10.1. The molecule has 2 N–H and O–H groups in total. The van der Waals surface area contributed by atoms with Gasteiger partial charge in [0, 0.05) is 11.8 Å². The summed E-state index contributed by atoms with van der Waals surface area (Å²) >= 11 is 0. The third kappa shape index (κ3) is 1.32. The molecule has 0 fully saturated rings. The third-order valence-corrected chi connectivity index (χ3v) is 2.53. The summed E-state index contributed by atoms with van der Waals surface area (Å²) in [5, 5.41) is 0. The van der Waals surface area contributed by atoms with Gasteiger partial charge in [-0.1, -0.05) is 0 Å². The van der Waals surface area contributed by atoms with Gasteiger partial charge in [-0.25, -0.2) is 4.98 Å². The summed E-state index contributed by atoms with van der Waals surface area (Å²) in [7, 11) is 0. The molecular formula is C12H9N3O. The second kappa shape index (κ2) is 3.34. The van der Waals surface area contributed by atoms with Gasteiger partial charge in [-0.05, 0) is 30.3 Å². The van der Waals surface area contributed by atoms with E-state index in [1.54, 1.807) is 24.7 Å². The summed E-state index contributed by atoms with van der Waals surface area (Å²) in [6.07, 6.45) is 3.36. The molecule has 0 unspecified atom stereocenters. The Bertz CT molecular complexity index is 637. The van der Waals surface area contributed by atoms with E-state index in [1.807, 2.05) is 18.2 Å². The molecule has 3 aromatic rings. The largest absolute Gasteiger partial charge is 0.359 e. The number of carbonyl (C=O) groups excluding carboxylic acids is 1. The zero-order valence-electron chi connectivity index (χ0n) is 8.40. The van der Waals surface area contributed by atoms with E-state index in [-0.39, 0.29) is 5.78 Å². The number of hydrogen-bond donors (Lipinski definition) is 2. The van der Waals surface area contributed by atoms with E-state index < -0.39 is 0 Å². The van der Waals surface area contributed by atoms with Crippen LogP contribution in [0, 0.1) is 0 Å². The fraction of sp³-hybridized carbons (Fsp3) is 0. The molecule has 3 rings (SSSR count). The zero-order chi connectivity index (χ0) is 11.0. The van der Waals surface area contributed by atoms with Crippen molar-refractivity contribution < 1.29 is 4.79 Å². The number of imidazole rings is 1. The molecule has 0 bridgehead atoms. The second-order valence-electron chi connectivity index (χ2n) is 3.55. The molecule has 16 heavy (non-hydrogen) atoms. The van der Waals surface area contributed by atoms with Crippen molar-refractivity contribution in [3.05, 3.63) is 54.1 Å². The highest BCUT2D eigenvalue weighted by molar-refractivity contribution is 6.09. The molecule has 0 aliphatic rings. The van der Waals surface area contributed by atoms with Crippen molar-refractivity contribution in [2.45, 2.75) is 0 Å². The number of benzene rings is 1. The monoisotopic (exact) mass is 211 g/mol. The molecule has 2 aromatic heterocycles. The first-order chi connectivity index (χ1) is 7.84. The van der Waals surface area contributed by atoms with E-state index in [9.17, 15) is 4.79 Å². The SMILES string of the molecule is O=C(c1ccc2nc[nH]c2c1)c1ccc[nH]1. The Morgan fingerprint density at radius 2 is 2.12 bits per heavy atom. The molecule has 78 valence electrons. The molecule has 0 spiro atoms. The normalized spacial score (nSPS) is 10.8. The summed E-state index contributed by atoms with van der Waals surface area (Å²) in [4.78, 5) is 22.0. The smallest absolute Gasteiger partial charge is 0.209 e. The van der Waals surface area contributed by atoms with Crippen LogP contribution in [-0.4, -0.2) is 20.7 Å². The minimum Gasteiger partial charge on any atom is -0.359 e. The number of nitrogens with zero attached hydrogens (tertiary/aromatic N) is 1. The molecule has 0 aliphatic heterocycles. The van der Waals surface area contributed by atoms with Crippen molar-refractivity contribution in [3.8, 4) is 0 Å². The van der Waals surface area contributed by atoms with Crippen molar-refractivity contribution >= 4 is 16.8 Å². The number of H-pyrrole nitrogens is 2. The number of nitrogens with one attached hydrogen (secondary N) is 2. The minimum absolute atomic E-state index is 0.0125. The van der Waals surface area contributed by atoms with E-state index in [1.165, 1.54) is 0 Å². The molecule has 0 aliphatic carbocycles. The van der Waals surface area contributed by atoms with Crippen LogP contribution in [-0.2, 0) is 0 Å². The number of ketones is 1. The van der Waals surface area contributed by atoms with Gasteiger partial charge in [-0.3, -0.25) is 4.79 Å². The van der Waals surface area contributed by atoms with Crippen molar-refractivity contribution in [1.82, 2.24) is 15.0 Å². The summed E-state index contributed by atoms with van der Waals surface area (Å²) < 4.78 is 0. The van der Waals surface area contributed by atoms with Gasteiger partial charge in [-0.2, -0.15) is 0 Å². The number of carbonyl (C=O) groups is 1. The van der Waals surface area contributed by atoms with Gasteiger partial charge >= 0.3 is 0 Å². The molecular weight excluding hydrogens is 202 g/mol. The van der Waals surface area contributed by atoms with Gasteiger partial charge in [-0.15, -0.1) is 0 Å². The first-order valence-electron chi connectivity index (χ1n) is 4.96.